The van der Waals surface area contributed by atoms with Crippen LogP contribution in [0.1, 0.15) is 19.4 Å². The van der Waals surface area contributed by atoms with Crippen molar-refractivity contribution < 1.29 is 10.0 Å². The number of hydrogen-bond acceptors (Lipinski definition) is 1. The van der Waals surface area contributed by atoms with Gasteiger partial charge in [0.15, 0.2) is 0 Å². The first kappa shape index (κ1) is 12.0. The lowest BCUT2D eigenvalue weighted by molar-refractivity contribution is -0.867. The smallest absolute Gasteiger partial charge is 0.110 e. The molecule has 0 bridgehead atoms. The van der Waals surface area contributed by atoms with Crippen molar-refractivity contribution in [3.63, 3.8) is 0 Å². The van der Waals surface area contributed by atoms with Gasteiger partial charge in [-0.25, -0.2) is 0 Å². The fourth-order valence-electron chi connectivity index (χ4n) is 1.62. The molecular weight excluding hydrogens is 186 g/mol. The number of aliphatic hydroxyl groups is 1. The molecule has 0 aromatic heterocycles. The highest BCUT2D eigenvalue weighted by molar-refractivity contribution is 5.13. The maximum absolute atomic E-state index is 9.73. The summed E-state index contributed by atoms with van der Waals surface area (Å²) in [5.41, 5.74) is 0.606. The van der Waals surface area contributed by atoms with Crippen LogP contribution in [0.15, 0.2) is 43.1 Å². The van der Waals surface area contributed by atoms with Crippen molar-refractivity contribution >= 4 is 0 Å². The molecule has 1 aromatic carbocycles. The summed E-state index contributed by atoms with van der Waals surface area (Å²) in [6.45, 7) is 8.98. The Morgan fingerprint density at radius 2 is 1.93 bits per heavy atom. The molecule has 1 unspecified atom stereocenters. The zero-order chi connectivity index (χ0) is 11.3. The van der Waals surface area contributed by atoms with Crippen molar-refractivity contribution in [1.82, 2.24) is 0 Å². The van der Waals surface area contributed by atoms with E-state index in [1.165, 1.54) is 10.5 Å². The maximum Gasteiger partial charge on any atom is 0.110 e. The first-order chi connectivity index (χ1) is 7.01. The minimum atomic E-state index is -0.654. The van der Waals surface area contributed by atoms with E-state index in [-0.39, 0.29) is 0 Å². The van der Waals surface area contributed by atoms with Crippen LogP contribution in [0, 0.1) is 0 Å². The molecule has 2 heteroatoms. The van der Waals surface area contributed by atoms with Gasteiger partial charge in [0.05, 0.1) is 6.20 Å². The lowest BCUT2D eigenvalue weighted by atomic mass is 10.1. The van der Waals surface area contributed by atoms with Gasteiger partial charge in [-0.05, 0) is 20.4 Å². The van der Waals surface area contributed by atoms with Crippen molar-refractivity contribution in [2.75, 3.05) is 6.54 Å². The van der Waals surface area contributed by atoms with Crippen LogP contribution < -0.4 is 4.90 Å². The highest BCUT2D eigenvalue weighted by Gasteiger charge is 2.19. The lowest BCUT2D eigenvalue weighted by Crippen LogP contribution is -3.08. The average molecular weight is 206 g/mol. The Labute approximate surface area is 91.9 Å². The van der Waals surface area contributed by atoms with Crippen molar-refractivity contribution in [1.29, 1.82) is 0 Å². The van der Waals surface area contributed by atoms with E-state index in [4.69, 9.17) is 0 Å². The van der Waals surface area contributed by atoms with Gasteiger partial charge in [0.1, 0.15) is 18.7 Å². The quantitative estimate of drug-likeness (QED) is 0.737. The van der Waals surface area contributed by atoms with Crippen LogP contribution >= 0.6 is 0 Å². The maximum atomic E-state index is 9.73. The molecule has 0 spiro atoms. The SMILES string of the molecule is C=C[NH+](Cc1ccccc1)CC(C)(C)O. The zero-order valence-electron chi connectivity index (χ0n) is 9.53. The molecule has 0 aliphatic rings. The zero-order valence-corrected chi connectivity index (χ0v) is 9.53. The van der Waals surface area contributed by atoms with Crippen molar-refractivity contribution in [3.8, 4) is 0 Å². The molecule has 0 saturated heterocycles. The fourth-order valence-corrected chi connectivity index (χ4v) is 1.62. The van der Waals surface area contributed by atoms with Crippen LogP contribution in [-0.2, 0) is 6.54 Å². The van der Waals surface area contributed by atoms with Gasteiger partial charge in [0.2, 0.25) is 0 Å². The monoisotopic (exact) mass is 206 g/mol. The van der Waals surface area contributed by atoms with Crippen LogP contribution in [0.5, 0.6) is 0 Å². The van der Waals surface area contributed by atoms with E-state index in [1.807, 2.05) is 38.2 Å². The third-order valence-corrected chi connectivity index (χ3v) is 2.22. The molecule has 2 nitrogen and oxygen atoms in total. The molecule has 1 aromatic rings. The van der Waals surface area contributed by atoms with Gasteiger partial charge in [0.25, 0.3) is 0 Å². The van der Waals surface area contributed by atoms with Crippen LogP contribution in [0.4, 0.5) is 0 Å². The molecule has 0 aliphatic heterocycles. The van der Waals surface area contributed by atoms with E-state index in [0.29, 0.717) is 6.54 Å². The Morgan fingerprint density at radius 1 is 1.33 bits per heavy atom. The van der Waals surface area contributed by atoms with Crippen molar-refractivity contribution in [2.24, 2.45) is 0 Å². The number of rotatable bonds is 5. The largest absolute Gasteiger partial charge is 0.385 e. The van der Waals surface area contributed by atoms with Crippen molar-refractivity contribution in [3.05, 3.63) is 48.7 Å². The predicted octanol–water partition coefficient (Wildman–Crippen LogP) is 0.986. The summed E-state index contributed by atoms with van der Waals surface area (Å²) >= 11 is 0. The molecule has 0 radical (unpaired) electrons. The summed E-state index contributed by atoms with van der Waals surface area (Å²) < 4.78 is 0. The van der Waals surface area contributed by atoms with E-state index in [2.05, 4.69) is 18.7 Å². The molecular formula is C13H20NO+. The number of benzene rings is 1. The number of quaternary nitrogens is 1. The minimum Gasteiger partial charge on any atom is -0.385 e. The summed E-state index contributed by atoms with van der Waals surface area (Å²) in [6, 6.07) is 10.2. The van der Waals surface area contributed by atoms with Gasteiger partial charge in [-0.3, -0.25) is 0 Å². The number of nitrogens with one attached hydrogen (secondary N) is 1. The molecule has 0 aliphatic carbocycles. The highest BCUT2D eigenvalue weighted by Crippen LogP contribution is 1.98. The Hall–Kier alpha value is -1.12. The van der Waals surface area contributed by atoms with Gasteiger partial charge in [0, 0.05) is 5.56 Å². The molecule has 0 heterocycles. The second-order valence-electron chi connectivity index (χ2n) is 4.51. The molecule has 82 valence electrons. The van der Waals surface area contributed by atoms with Gasteiger partial charge >= 0.3 is 0 Å². The number of hydrogen-bond donors (Lipinski definition) is 2. The third kappa shape index (κ3) is 4.77. The van der Waals surface area contributed by atoms with E-state index in [0.717, 1.165) is 6.54 Å². The van der Waals surface area contributed by atoms with E-state index in [9.17, 15) is 5.11 Å². The molecule has 0 saturated carbocycles. The van der Waals surface area contributed by atoms with Gasteiger partial charge in [-0.1, -0.05) is 30.3 Å². The normalized spacial score (nSPS) is 13.5. The topological polar surface area (TPSA) is 24.7 Å². The lowest BCUT2D eigenvalue weighted by Gasteiger charge is -2.22. The summed E-state index contributed by atoms with van der Waals surface area (Å²) in [4.78, 5) is 1.17. The summed E-state index contributed by atoms with van der Waals surface area (Å²) in [5.74, 6) is 0. The van der Waals surface area contributed by atoms with Crippen LogP contribution in [0.2, 0.25) is 0 Å². The molecule has 0 amide bonds. The highest BCUT2D eigenvalue weighted by atomic mass is 16.3. The summed E-state index contributed by atoms with van der Waals surface area (Å²) in [6.07, 6.45) is 1.85. The van der Waals surface area contributed by atoms with E-state index in [1.54, 1.807) is 0 Å². The first-order valence-corrected chi connectivity index (χ1v) is 5.25. The van der Waals surface area contributed by atoms with Gasteiger partial charge in [-0.15, -0.1) is 0 Å². The van der Waals surface area contributed by atoms with E-state index >= 15 is 0 Å². The molecule has 15 heavy (non-hydrogen) atoms. The minimum absolute atomic E-state index is 0.654. The summed E-state index contributed by atoms with van der Waals surface area (Å²) in [5, 5.41) is 9.73. The standard InChI is InChI=1S/C13H19NO/c1-4-14(11-13(2,3)15)10-12-8-6-5-7-9-12/h4-9,15H,1,10-11H2,2-3H3/p+1. The van der Waals surface area contributed by atoms with Crippen molar-refractivity contribution in [2.45, 2.75) is 26.0 Å². The third-order valence-electron chi connectivity index (χ3n) is 2.22. The molecule has 1 rings (SSSR count). The Kier molecular flexibility index (Phi) is 4.06. The molecule has 1 atom stereocenters. The van der Waals surface area contributed by atoms with Crippen LogP contribution in [-0.4, -0.2) is 17.3 Å². The van der Waals surface area contributed by atoms with Crippen LogP contribution in [0.25, 0.3) is 0 Å². The second kappa shape index (κ2) is 5.10. The molecule has 0 fully saturated rings. The Morgan fingerprint density at radius 3 is 2.40 bits per heavy atom. The average Bonchev–Trinajstić information content (AvgIpc) is 2.16. The van der Waals surface area contributed by atoms with Gasteiger partial charge < -0.3 is 10.0 Å². The van der Waals surface area contributed by atoms with Crippen LogP contribution in [0.3, 0.4) is 0 Å². The van der Waals surface area contributed by atoms with E-state index < -0.39 is 5.60 Å². The Balaban J connectivity index is 2.59. The first-order valence-electron chi connectivity index (χ1n) is 5.25. The predicted molar refractivity (Wildman–Crippen MR) is 62.5 cm³/mol. The summed E-state index contributed by atoms with van der Waals surface area (Å²) in [7, 11) is 0. The molecule has 2 N–H and O–H groups in total. The fraction of sp³-hybridized carbons (Fsp3) is 0.385. The van der Waals surface area contributed by atoms with Gasteiger partial charge in [-0.2, -0.15) is 0 Å². The Bertz CT molecular complexity index is 300. The second-order valence-corrected chi connectivity index (χ2v) is 4.51.